The van der Waals surface area contributed by atoms with Crippen LogP contribution in [0.3, 0.4) is 0 Å². The van der Waals surface area contributed by atoms with E-state index in [1.807, 2.05) is 0 Å². The van der Waals surface area contributed by atoms with Crippen LogP contribution in [0.4, 0.5) is 0 Å². The Morgan fingerprint density at radius 3 is 1.82 bits per heavy atom. The van der Waals surface area contributed by atoms with E-state index in [1.54, 1.807) is 20.8 Å². The molecule has 0 heterocycles. The summed E-state index contributed by atoms with van der Waals surface area (Å²) in [7, 11) is 0. The summed E-state index contributed by atoms with van der Waals surface area (Å²) >= 11 is 0. The summed E-state index contributed by atoms with van der Waals surface area (Å²) in [5.41, 5.74) is -1.56. The topological polar surface area (TPSA) is 60.7 Å². The van der Waals surface area contributed by atoms with Crippen molar-refractivity contribution in [1.82, 2.24) is 0 Å². The predicted octanol–water partition coefficient (Wildman–Crippen LogP) is 0.138. The van der Waals surface area contributed by atoms with Gasteiger partial charge in [0.05, 0.1) is 12.2 Å². The van der Waals surface area contributed by atoms with Gasteiger partial charge < -0.3 is 15.3 Å². The van der Waals surface area contributed by atoms with Crippen molar-refractivity contribution in [3.63, 3.8) is 0 Å². The zero-order valence-electron chi connectivity index (χ0n) is 7.46. The fraction of sp³-hybridized carbons (Fsp3) is 1.00. The quantitative estimate of drug-likeness (QED) is 0.551. The van der Waals surface area contributed by atoms with Crippen molar-refractivity contribution < 1.29 is 15.3 Å². The standard InChI is InChI=1S/C8H18O3/c1-7(2,6-10)8(3,11)4-5-9/h9-11H,4-6H2,1-3H3. The molecule has 0 aromatic carbocycles. The van der Waals surface area contributed by atoms with Crippen molar-refractivity contribution in [2.24, 2.45) is 5.41 Å². The largest absolute Gasteiger partial charge is 0.396 e. The van der Waals surface area contributed by atoms with Crippen LogP contribution in [0.2, 0.25) is 0 Å². The maximum absolute atomic E-state index is 9.72. The molecule has 3 N–H and O–H groups in total. The highest BCUT2D eigenvalue weighted by atomic mass is 16.3. The lowest BCUT2D eigenvalue weighted by molar-refractivity contribution is -0.0889. The van der Waals surface area contributed by atoms with Crippen LogP contribution >= 0.6 is 0 Å². The third-order valence-electron chi connectivity index (χ3n) is 2.45. The zero-order valence-corrected chi connectivity index (χ0v) is 7.46. The second kappa shape index (κ2) is 3.52. The van der Waals surface area contributed by atoms with Crippen LogP contribution < -0.4 is 0 Å². The maximum atomic E-state index is 9.72. The van der Waals surface area contributed by atoms with E-state index < -0.39 is 11.0 Å². The highest BCUT2D eigenvalue weighted by molar-refractivity contribution is 4.88. The molecule has 68 valence electrons. The molecule has 0 saturated carbocycles. The lowest BCUT2D eigenvalue weighted by Gasteiger charge is -2.38. The molecule has 3 nitrogen and oxygen atoms in total. The van der Waals surface area contributed by atoms with Crippen molar-refractivity contribution in [2.75, 3.05) is 13.2 Å². The zero-order chi connectivity index (χ0) is 9.12. The molecule has 1 atom stereocenters. The van der Waals surface area contributed by atoms with Crippen LogP contribution in [-0.4, -0.2) is 34.1 Å². The summed E-state index contributed by atoms with van der Waals surface area (Å²) in [4.78, 5) is 0. The monoisotopic (exact) mass is 162 g/mol. The molecule has 1 unspecified atom stereocenters. The number of hydrogen-bond donors (Lipinski definition) is 3. The Balaban J connectivity index is 4.26. The molecule has 0 spiro atoms. The average Bonchev–Trinajstić information content (AvgIpc) is 1.87. The summed E-state index contributed by atoms with van der Waals surface area (Å²) in [5.74, 6) is 0. The summed E-state index contributed by atoms with van der Waals surface area (Å²) < 4.78 is 0. The van der Waals surface area contributed by atoms with Gasteiger partial charge in [-0.25, -0.2) is 0 Å². The first kappa shape index (κ1) is 10.9. The van der Waals surface area contributed by atoms with Crippen LogP contribution in [0.1, 0.15) is 27.2 Å². The van der Waals surface area contributed by atoms with Gasteiger partial charge in [0.25, 0.3) is 0 Å². The van der Waals surface area contributed by atoms with E-state index in [1.165, 1.54) is 0 Å². The van der Waals surface area contributed by atoms with Crippen molar-refractivity contribution in [3.8, 4) is 0 Å². The summed E-state index contributed by atoms with van der Waals surface area (Å²) in [6.45, 7) is 5.02. The molecule has 0 aliphatic carbocycles. The molecule has 0 fully saturated rings. The molecule has 0 aromatic rings. The van der Waals surface area contributed by atoms with E-state index in [0.717, 1.165) is 0 Å². The van der Waals surface area contributed by atoms with Crippen LogP contribution in [-0.2, 0) is 0 Å². The fourth-order valence-electron chi connectivity index (χ4n) is 0.726. The maximum Gasteiger partial charge on any atom is 0.0714 e. The van der Waals surface area contributed by atoms with E-state index >= 15 is 0 Å². The molecule has 3 heteroatoms. The summed E-state index contributed by atoms with van der Waals surface area (Å²) in [6.07, 6.45) is 0.292. The average molecular weight is 162 g/mol. The highest BCUT2D eigenvalue weighted by Crippen LogP contribution is 2.32. The number of hydrogen-bond acceptors (Lipinski definition) is 3. The van der Waals surface area contributed by atoms with E-state index in [9.17, 15) is 5.11 Å². The van der Waals surface area contributed by atoms with E-state index in [0.29, 0.717) is 6.42 Å². The number of aliphatic hydroxyl groups excluding tert-OH is 2. The van der Waals surface area contributed by atoms with Gasteiger partial charge >= 0.3 is 0 Å². The molecule has 0 radical (unpaired) electrons. The minimum absolute atomic E-state index is 0.0591. The normalized spacial score (nSPS) is 18.0. The first-order valence-corrected chi connectivity index (χ1v) is 3.81. The smallest absolute Gasteiger partial charge is 0.0714 e. The lowest BCUT2D eigenvalue weighted by Crippen LogP contribution is -2.45. The van der Waals surface area contributed by atoms with Gasteiger partial charge in [-0.15, -0.1) is 0 Å². The van der Waals surface area contributed by atoms with Crippen molar-refractivity contribution in [3.05, 3.63) is 0 Å². The van der Waals surface area contributed by atoms with Crippen molar-refractivity contribution >= 4 is 0 Å². The van der Waals surface area contributed by atoms with Gasteiger partial charge in [0.15, 0.2) is 0 Å². The van der Waals surface area contributed by atoms with E-state index in [2.05, 4.69) is 0 Å². The Morgan fingerprint density at radius 2 is 1.55 bits per heavy atom. The van der Waals surface area contributed by atoms with E-state index in [-0.39, 0.29) is 13.2 Å². The summed E-state index contributed by atoms with van der Waals surface area (Å²) in [5, 5.41) is 27.3. The predicted molar refractivity (Wildman–Crippen MR) is 43.2 cm³/mol. The molecule has 0 saturated heterocycles. The van der Waals surface area contributed by atoms with Crippen LogP contribution in [0.25, 0.3) is 0 Å². The van der Waals surface area contributed by atoms with Gasteiger partial charge in [-0.2, -0.15) is 0 Å². The molecule has 0 rings (SSSR count). The van der Waals surface area contributed by atoms with Crippen molar-refractivity contribution in [2.45, 2.75) is 32.8 Å². The van der Waals surface area contributed by atoms with Gasteiger partial charge in [0.2, 0.25) is 0 Å². The minimum atomic E-state index is -1.00. The number of aliphatic hydroxyl groups is 3. The molecule has 11 heavy (non-hydrogen) atoms. The summed E-state index contributed by atoms with van der Waals surface area (Å²) in [6, 6.07) is 0. The van der Waals surface area contributed by atoms with Crippen molar-refractivity contribution in [1.29, 1.82) is 0 Å². The molecule has 0 aliphatic rings. The third kappa shape index (κ3) is 2.43. The Hall–Kier alpha value is -0.120. The van der Waals surface area contributed by atoms with Gasteiger partial charge in [-0.3, -0.25) is 0 Å². The van der Waals surface area contributed by atoms with E-state index in [4.69, 9.17) is 10.2 Å². The molecule has 0 aliphatic heterocycles. The van der Waals surface area contributed by atoms with Crippen LogP contribution in [0.15, 0.2) is 0 Å². The Kier molecular flexibility index (Phi) is 3.48. The molecular weight excluding hydrogens is 144 g/mol. The Labute approximate surface area is 67.7 Å². The molecule has 0 bridgehead atoms. The van der Waals surface area contributed by atoms with Crippen LogP contribution in [0.5, 0.6) is 0 Å². The first-order valence-electron chi connectivity index (χ1n) is 3.81. The Morgan fingerprint density at radius 1 is 1.09 bits per heavy atom. The number of rotatable bonds is 4. The third-order valence-corrected chi connectivity index (χ3v) is 2.45. The van der Waals surface area contributed by atoms with Gasteiger partial charge in [-0.1, -0.05) is 13.8 Å². The lowest BCUT2D eigenvalue weighted by atomic mass is 9.75. The highest BCUT2D eigenvalue weighted by Gasteiger charge is 2.37. The minimum Gasteiger partial charge on any atom is -0.396 e. The second-order valence-corrected chi connectivity index (χ2v) is 3.79. The van der Waals surface area contributed by atoms with Gasteiger partial charge in [-0.05, 0) is 13.3 Å². The SMILES string of the molecule is CC(C)(CO)C(C)(O)CCO. The molecular formula is C8H18O3. The molecule has 0 aromatic heterocycles. The second-order valence-electron chi connectivity index (χ2n) is 3.79. The fourth-order valence-corrected chi connectivity index (χ4v) is 0.726. The first-order chi connectivity index (χ1) is 4.87. The molecule has 0 amide bonds. The van der Waals surface area contributed by atoms with Gasteiger partial charge in [0, 0.05) is 12.0 Å². The Bertz CT molecular complexity index is 119. The van der Waals surface area contributed by atoms with Gasteiger partial charge in [0.1, 0.15) is 0 Å². The van der Waals surface area contributed by atoms with Crippen LogP contribution in [0, 0.1) is 5.41 Å².